The van der Waals surface area contributed by atoms with Crippen LogP contribution in [0.15, 0.2) is 0 Å². The number of hydrogen-bond donors (Lipinski definition) is 2. The van der Waals surface area contributed by atoms with Crippen LogP contribution in [0.4, 0.5) is 4.79 Å². The number of urea groups is 1. The van der Waals surface area contributed by atoms with Crippen LogP contribution in [-0.2, 0) is 4.74 Å². The van der Waals surface area contributed by atoms with E-state index in [0.717, 1.165) is 26.0 Å². The van der Waals surface area contributed by atoms with Crippen molar-refractivity contribution < 1.29 is 14.6 Å². The average molecular weight is 258 g/mol. The van der Waals surface area contributed by atoms with Crippen molar-refractivity contribution in [3.8, 4) is 0 Å². The van der Waals surface area contributed by atoms with Crippen molar-refractivity contribution in [3.05, 3.63) is 0 Å². The Kier molecular flexibility index (Phi) is 7.05. The van der Waals surface area contributed by atoms with E-state index in [1.165, 1.54) is 0 Å². The number of likely N-dealkylation sites (tertiary alicyclic amines) is 1. The van der Waals surface area contributed by atoms with Gasteiger partial charge in [0.05, 0.1) is 6.61 Å². The molecule has 0 aromatic carbocycles. The van der Waals surface area contributed by atoms with Gasteiger partial charge in [0.1, 0.15) is 0 Å². The minimum Gasteiger partial charge on any atom is -0.396 e. The second kappa shape index (κ2) is 8.32. The molecule has 0 aromatic rings. The minimum atomic E-state index is -0.0405. The average Bonchev–Trinajstić information content (AvgIpc) is 2.37. The first-order valence-electron chi connectivity index (χ1n) is 6.85. The third-order valence-corrected chi connectivity index (χ3v) is 3.04. The van der Waals surface area contributed by atoms with Crippen LogP contribution in [-0.4, -0.2) is 55.5 Å². The number of aliphatic hydroxyl groups excluding tert-OH is 1. The SMILES string of the molecule is CC(C)COCCNC(=O)N1CCCC(CO)C1. The molecule has 1 unspecified atom stereocenters. The number of rotatable bonds is 6. The lowest BCUT2D eigenvalue weighted by molar-refractivity contribution is 0.106. The molecule has 5 nitrogen and oxygen atoms in total. The predicted molar refractivity (Wildman–Crippen MR) is 70.4 cm³/mol. The van der Waals surface area contributed by atoms with Gasteiger partial charge in [-0.25, -0.2) is 4.79 Å². The first kappa shape index (κ1) is 15.2. The van der Waals surface area contributed by atoms with Crippen molar-refractivity contribution in [1.29, 1.82) is 0 Å². The maximum absolute atomic E-state index is 11.8. The van der Waals surface area contributed by atoms with Crippen molar-refractivity contribution in [1.82, 2.24) is 10.2 Å². The molecule has 0 spiro atoms. The second-order valence-corrected chi connectivity index (χ2v) is 5.34. The zero-order chi connectivity index (χ0) is 13.4. The van der Waals surface area contributed by atoms with Gasteiger partial charge in [0, 0.05) is 32.8 Å². The third kappa shape index (κ3) is 5.69. The first-order chi connectivity index (χ1) is 8.63. The van der Waals surface area contributed by atoms with Gasteiger partial charge in [-0.1, -0.05) is 13.8 Å². The van der Waals surface area contributed by atoms with Gasteiger partial charge in [-0.05, 0) is 24.7 Å². The molecule has 0 bridgehead atoms. The molecule has 1 fully saturated rings. The van der Waals surface area contributed by atoms with Gasteiger partial charge in [0.25, 0.3) is 0 Å². The molecule has 1 aliphatic rings. The third-order valence-electron chi connectivity index (χ3n) is 3.04. The summed E-state index contributed by atoms with van der Waals surface area (Å²) >= 11 is 0. The fraction of sp³-hybridized carbons (Fsp3) is 0.923. The van der Waals surface area contributed by atoms with Gasteiger partial charge >= 0.3 is 6.03 Å². The molecule has 1 heterocycles. The zero-order valence-corrected chi connectivity index (χ0v) is 11.5. The molecule has 0 aromatic heterocycles. The Bertz CT molecular complexity index is 246. The fourth-order valence-corrected chi connectivity index (χ4v) is 2.06. The van der Waals surface area contributed by atoms with Gasteiger partial charge in [0.2, 0.25) is 0 Å². The Morgan fingerprint density at radius 2 is 2.33 bits per heavy atom. The fourth-order valence-electron chi connectivity index (χ4n) is 2.06. The summed E-state index contributed by atoms with van der Waals surface area (Å²) in [6.45, 7) is 7.65. The maximum Gasteiger partial charge on any atom is 0.317 e. The van der Waals surface area contributed by atoms with E-state index in [0.29, 0.717) is 25.6 Å². The Morgan fingerprint density at radius 1 is 1.56 bits per heavy atom. The Balaban J connectivity index is 2.12. The van der Waals surface area contributed by atoms with Crippen LogP contribution in [0.3, 0.4) is 0 Å². The lowest BCUT2D eigenvalue weighted by atomic mass is 9.99. The molecule has 1 aliphatic heterocycles. The van der Waals surface area contributed by atoms with E-state index in [1.807, 2.05) is 0 Å². The van der Waals surface area contributed by atoms with Crippen molar-refractivity contribution in [2.75, 3.05) is 39.5 Å². The lowest BCUT2D eigenvalue weighted by Crippen LogP contribution is -2.46. The number of ether oxygens (including phenoxy) is 1. The van der Waals surface area contributed by atoms with E-state index in [2.05, 4.69) is 19.2 Å². The highest BCUT2D eigenvalue weighted by Crippen LogP contribution is 2.15. The van der Waals surface area contributed by atoms with Gasteiger partial charge in [-0.2, -0.15) is 0 Å². The van der Waals surface area contributed by atoms with E-state index in [4.69, 9.17) is 9.84 Å². The van der Waals surface area contributed by atoms with E-state index >= 15 is 0 Å². The van der Waals surface area contributed by atoms with E-state index < -0.39 is 0 Å². The van der Waals surface area contributed by atoms with E-state index in [-0.39, 0.29) is 18.6 Å². The molecular formula is C13H26N2O3. The quantitative estimate of drug-likeness (QED) is 0.701. The van der Waals surface area contributed by atoms with Crippen LogP contribution in [0.25, 0.3) is 0 Å². The number of nitrogens with zero attached hydrogens (tertiary/aromatic N) is 1. The number of amides is 2. The summed E-state index contributed by atoms with van der Waals surface area (Å²) < 4.78 is 5.40. The van der Waals surface area contributed by atoms with Gasteiger partial charge in [0.15, 0.2) is 0 Å². The molecule has 1 atom stereocenters. The van der Waals surface area contributed by atoms with Gasteiger partial charge < -0.3 is 20.1 Å². The standard InChI is InChI=1S/C13H26N2O3/c1-11(2)10-18-7-5-14-13(17)15-6-3-4-12(8-15)9-16/h11-12,16H,3-10H2,1-2H3,(H,14,17). The molecule has 0 aliphatic carbocycles. The molecule has 18 heavy (non-hydrogen) atoms. The summed E-state index contributed by atoms with van der Waals surface area (Å²) in [7, 11) is 0. The second-order valence-electron chi connectivity index (χ2n) is 5.34. The molecule has 5 heteroatoms. The normalized spacial score (nSPS) is 20.2. The largest absolute Gasteiger partial charge is 0.396 e. The number of piperidine rings is 1. The number of hydrogen-bond acceptors (Lipinski definition) is 3. The van der Waals surface area contributed by atoms with Crippen LogP contribution in [0.5, 0.6) is 0 Å². The highest BCUT2D eigenvalue weighted by molar-refractivity contribution is 5.74. The summed E-state index contributed by atoms with van der Waals surface area (Å²) in [6.07, 6.45) is 1.99. The van der Waals surface area contributed by atoms with Gasteiger partial charge in [-0.3, -0.25) is 0 Å². The summed E-state index contributed by atoms with van der Waals surface area (Å²) in [4.78, 5) is 13.6. The smallest absolute Gasteiger partial charge is 0.317 e. The molecular weight excluding hydrogens is 232 g/mol. The number of carbonyl (C=O) groups excluding carboxylic acids is 1. The predicted octanol–water partition coefficient (Wildman–Crippen LogP) is 1.07. The van der Waals surface area contributed by atoms with Gasteiger partial charge in [-0.15, -0.1) is 0 Å². The van der Waals surface area contributed by atoms with Crippen molar-refractivity contribution in [3.63, 3.8) is 0 Å². The number of carbonyl (C=O) groups is 1. The van der Waals surface area contributed by atoms with E-state index in [1.54, 1.807) is 4.90 Å². The number of nitrogens with one attached hydrogen (secondary N) is 1. The molecule has 106 valence electrons. The molecule has 0 radical (unpaired) electrons. The minimum absolute atomic E-state index is 0.0405. The highest BCUT2D eigenvalue weighted by Gasteiger charge is 2.22. The summed E-state index contributed by atoms with van der Waals surface area (Å²) in [6, 6.07) is -0.0405. The molecule has 1 rings (SSSR count). The maximum atomic E-state index is 11.8. The lowest BCUT2D eigenvalue weighted by Gasteiger charge is -2.31. The van der Waals surface area contributed by atoms with Crippen LogP contribution in [0.2, 0.25) is 0 Å². The Morgan fingerprint density at radius 3 is 3.00 bits per heavy atom. The molecule has 2 N–H and O–H groups in total. The van der Waals surface area contributed by atoms with Crippen molar-refractivity contribution in [2.24, 2.45) is 11.8 Å². The van der Waals surface area contributed by atoms with Crippen molar-refractivity contribution >= 4 is 6.03 Å². The Labute approximate surface area is 109 Å². The summed E-state index contributed by atoms with van der Waals surface area (Å²) in [5.41, 5.74) is 0. The van der Waals surface area contributed by atoms with Crippen molar-refractivity contribution in [2.45, 2.75) is 26.7 Å². The molecule has 2 amide bonds. The topological polar surface area (TPSA) is 61.8 Å². The monoisotopic (exact) mass is 258 g/mol. The Hall–Kier alpha value is -0.810. The summed E-state index contributed by atoms with van der Waals surface area (Å²) in [5.74, 6) is 0.759. The van der Waals surface area contributed by atoms with Crippen LogP contribution in [0.1, 0.15) is 26.7 Å². The van der Waals surface area contributed by atoms with E-state index in [9.17, 15) is 4.79 Å². The zero-order valence-electron chi connectivity index (χ0n) is 11.5. The van der Waals surface area contributed by atoms with Crippen LogP contribution >= 0.6 is 0 Å². The summed E-state index contributed by atoms with van der Waals surface area (Å²) in [5, 5.41) is 12.0. The van der Waals surface area contributed by atoms with Crippen LogP contribution in [0, 0.1) is 11.8 Å². The molecule has 1 saturated heterocycles. The number of aliphatic hydroxyl groups is 1. The van der Waals surface area contributed by atoms with Crippen LogP contribution < -0.4 is 5.32 Å². The highest BCUT2D eigenvalue weighted by atomic mass is 16.5. The first-order valence-corrected chi connectivity index (χ1v) is 6.85. The molecule has 0 saturated carbocycles.